The van der Waals surface area contributed by atoms with E-state index in [9.17, 15) is 8.42 Å². The van der Waals surface area contributed by atoms with Crippen LogP contribution < -0.4 is 13.8 Å². The maximum absolute atomic E-state index is 13.1. The largest absolute Gasteiger partial charge is 0.493 e. The lowest BCUT2D eigenvalue weighted by atomic mass is 10.3. The molecular weight excluding hydrogens is 385 g/mol. The molecule has 0 aliphatic carbocycles. The van der Waals surface area contributed by atoms with Crippen molar-refractivity contribution in [1.29, 1.82) is 0 Å². The lowest BCUT2D eigenvalue weighted by Gasteiger charge is -2.24. The molecule has 2 rings (SSSR count). The Kier molecular flexibility index (Phi) is 6.21. The third-order valence-corrected chi connectivity index (χ3v) is 6.02. The van der Waals surface area contributed by atoms with Gasteiger partial charge in [-0.25, -0.2) is 8.42 Å². The van der Waals surface area contributed by atoms with Crippen LogP contribution in [0.2, 0.25) is 10.0 Å². The van der Waals surface area contributed by atoms with E-state index in [2.05, 4.69) is 6.58 Å². The number of hydrogen-bond donors (Lipinski definition) is 0. The lowest BCUT2D eigenvalue weighted by molar-refractivity contribution is 0.354. The molecule has 0 amide bonds. The third-order valence-electron chi connectivity index (χ3n) is 3.44. The zero-order valence-corrected chi connectivity index (χ0v) is 16.0. The van der Waals surface area contributed by atoms with E-state index >= 15 is 0 Å². The van der Waals surface area contributed by atoms with Gasteiger partial charge >= 0.3 is 0 Å². The summed E-state index contributed by atoms with van der Waals surface area (Å²) in [5, 5.41) is 0.408. The van der Waals surface area contributed by atoms with Gasteiger partial charge in [-0.2, -0.15) is 0 Å². The van der Waals surface area contributed by atoms with Crippen LogP contribution in [0.3, 0.4) is 0 Å². The van der Waals surface area contributed by atoms with Gasteiger partial charge in [0, 0.05) is 6.07 Å². The van der Waals surface area contributed by atoms with Gasteiger partial charge in [-0.1, -0.05) is 35.3 Å². The molecule has 25 heavy (non-hydrogen) atoms. The van der Waals surface area contributed by atoms with Gasteiger partial charge in [0.2, 0.25) is 0 Å². The van der Waals surface area contributed by atoms with Gasteiger partial charge in [0.05, 0.1) is 41.4 Å². The van der Waals surface area contributed by atoms with Crippen LogP contribution >= 0.6 is 23.2 Å². The van der Waals surface area contributed by atoms with E-state index < -0.39 is 10.0 Å². The minimum Gasteiger partial charge on any atom is -0.493 e. The average molecular weight is 402 g/mol. The second-order valence-electron chi connectivity index (χ2n) is 4.91. The van der Waals surface area contributed by atoms with Crippen LogP contribution in [-0.2, 0) is 10.0 Å². The van der Waals surface area contributed by atoms with Crippen LogP contribution in [0, 0.1) is 0 Å². The van der Waals surface area contributed by atoms with Gasteiger partial charge in [0.15, 0.2) is 11.5 Å². The molecule has 0 aromatic heterocycles. The molecule has 8 heteroatoms. The summed E-state index contributed by atoms with van der Waals surface area (Å²) in [4.78, 5) is 0.0306. The van der Waals surface area contributed by atoms with Crippen LogP contribution in [0.15, 0.2) is 53.9 Å². The van der Waals surface area contributed by atoms with Gasteiger partial charge in [-0.05, 0) is 24.3 Å². The van der Waals surface area contributed by atoms with Crippen molar-refractivity contribution in [1.82, 2.24) is 0 Å². The summed E-state index contributed by atoms with van der Waals surface area (Å²) in [5.74, 6) is 0.733. The summed E-state index contributed by atoms with van der Waals surface area (Å²) < 4.78 is 37.7. The molecule has 2 aromatic rings. The Balaban J connectivity index is 2.61. The summed E-state index contributed by atoms with van der Waals surface area (Å²) >= 11 is 12.2. The van der Waals surface area contributed by atoms with Crippen molar-refractivity contribution in [3.63, 3.8) is 0 Å². The Morgan fingerprint density at radius 1 is 1.12 bits per heavy atom. The van der Waals surface area contributed by atoms with E-state index in [0.717, 1.165) is 4.31 Å². The zero-order chi connectivity index (χ0) is 18.6. The van der Waals surface area contributed by atoms with Crippen molar-refractivity contribution in [2.45, 2.75) is 4.90 Å². The maximum atomic E-state index is 13.1. The molecule has 134 valence electrons. The standard InChI is InChI=1S/C17H17Cl2NO4S/c1-4-10-20(14-7-5-6-13(18)17(14)19)25(21,22)12-8-9-15(23-2)16(11-12)24-3/h4-9,11H,1,10H2,2-3H3. The molecule has 0 N–H and O–H groups in total. The van der Waals surface area contributed by atoms with Gasteiger partial charge < -0.3 is 9.47 Å². The minimum absolute atomic E-state index is 0.0245. The average Bonchev–Trinajstić information content (AvgIpc) is 2.61. The minimum atomic E-state index is -3.93. The van der Waals surface area contributed by atoms with Crippen molar-refractivity contribution in [2.24, 2.45) is 0 Å². The number of methoxy groups -OCH3 is 2. The molecule has 0 spiro atoms. The molecular formula is C17H17Cl2NO4S. The smallest absolute Gasteiger partial charge is 0.264 e. The lowest BCUT2D eigenvalue weighted by Crippen LogP contribution is -2.31. The fourth-order valence-corrected chi connectivity index (χ4v) is 4.14. The summed E-state index contributed by atoms with van der Waals surface area (Å²) in [5.41, 5.74) is 0.267. The normalized spacial score (nSPS) is 11.0. The summed E-state index contributed by atoms with van der Waals surface area (Å²) in [7, 11) is -1.02. The summed E-state index contributed by atoms with van der Waals surface area (Å²) in [6.07, 6.45) is 1.47. The topological polar surface area (TPSA) is 55.8 Å². The number of hydrogen-bond acceptors (Lipinski definition) is 4. The number of nitrogens with zero attached hydrogens (tertiary/aromatic N) is 1. The van der Waals surface area contributed by atoms with Crippen molar-refractivity contribution >= 4 is 38.9 Å². The molecule has 0 saturated carbocycles. The Bertz CT molecular complexity index is 884. The molecule has 0 saturated heterocycles. The molecule has 2 aromatic carbocycles. The first kappa shape index (κ1) is 19.4. The van der Waals surface area contributed by atoms with Crippen LogP contribution in [0.5, 0.6) is 11.5 Å². The fraction of sp³-hybridized carbons (Fsp3) is 0.176. The SMILES string of the molecule is C=CCN(c1cccc(Cl)c1Cl)S(=O)(=O)c1ccc(OC)c(OC)c1. The predicted molar refractivity (Wildman–Crippen MR) is 101 cm³/mol. The highest BCUT2D eigenvalue weighted by Crippen LogP contribution is 2.37. The second-order valence-corrected chi connectivity index (χ2v) is 7.56. The van der Waals surface area contributed by atoms with E-state index in [0.29, 0.717) is 11.5 Å². The molecule has 0 fully saturated rings. The van der Waals surface area contributed by atoms with E-state index in [1.807, 2.05) is 0 Å². The van der Waals surface area contributed by atoms with Crippen molar-refractivity contribution in [3.05, 3.63) is 59.1 Å². The Hall–Kier alpha value is -1.89. The van der Waals surface area contributed by atoms with Gasteiger partial charge in [-0.3, -0.25) is 4.31 Å². The monoisotopic (exact) mass is 401 g/mol. The third kappa shape index (κ3) is 3.86. The molecule has 0 bridgehead atoms. The van der Waals surface area contributed by atoms with Crippen LogP contribution in [0.4, 0.5) is 5.69 Å². The van der Waals surface area contributed by atoms with Crippen LogP contribution in [0.1, 0.15) is 0 Å². The number of sulfonamides is 1. The summed E-state index contributed by atoms with van der Waals surface area (Å²) in [6, 6.07) is 9.15. The van der Waals surface area contributed by atoms with Crippen molar-refractivity contribution in [2.75, 3.05) is 25.1 Å². The molecule has 0 atom stereocenters. The molecule has 0 aliphatic rings. The predicted octanol–water partition coefficient (Wildman–Crippen LogP) is 4.39. The first-order valence-electron chi connectivity index (χ1n) is 7.16. The van der Waals surface area contributed by atoms with Crippen LogP contribution in [-0.4, -0.2) is 29.2 Å². The van der Waals surface area contributed by atoms with Crippen LogP contribution in [0.25, 0.3) is 0 Å². The first-order chi connectivity index (χ1) is 11.9. The highest BCUT2D eigenvalue weighted by molar-refractivity contribution is 7.92. The van der Waals surface area contributed by atoms with E-state index in [1.165, 1.54) is 38.5 Å². The maximum Gasteiger partial charge on any atom is 0.264 e. The fourth-order valence-electron chi connectivity index (χ4n) is 2.23. The number of rotatable bonds is 7. The van der Waals surface area contributed by atoms with E-state index in [4.69, 9.17) is 32.7 Å². The molecule has 0 heterocycles. The van der Waals surface area contributed by atoms with Gasteiger partial charge in [0.1, 0.15) is 0 Å². The Labute approximate surface area is 157 Å². The summed E-state index contributed by atoms with van der Waals surface area (Å²) in [6.45, 7) is 3.64. The Morgan fingerprint density at radius 2 is 1.80 bits per heavy atom. The quantitative estimate of drug-likeness (QED) is 0.645. The van der Waals surface area contributed by atoms with Crippen molar-refractivity contribution in [3.8, 4) is 11.5 Å². The molecule has 0 unspecified atom stereocenters. The zero-order valence-electron chi connectivity index (χ0n) is 13.7. The van der Waals surface area contributed by atoms with Gasteiger partial charge in [-0.15, -0.1) is 6.58 Å². The first-order valence-corrected chi connectivity index (χ1v) is 9.36. The van der Waals surface area contributed by atoms with Gasteiger partial charge in [0.25, 0.3) is 10.0 Å². The van der Waals surface area contributed by atoms with E-state index in [1.54, 1.807) is 18.2 Å². The number of halogens is 2. The molecule has 0 radical (unpaired) electrons. The highest BCUT2D eigenvalue weighted by atomic mass is 35.5. The number of anilines is 1. The second kappa shape index (κ2) is 7.99. The molecule has 0 aliphatic heterocycles. The molecule has 5 nitrogen and oxygen atoms in total. The Morgan fingerprint density at radius 3 is 2.40 bits per heavy atom. The van der Waals surface area contributed by atoms with Crippen molar-refractivity contribution < 1.29 is 17.9 Å². The number of benzene rings is 2. The highest BCUT2D eigenvalue weighted by Gasteiger charge is 2.27. The number of ether oxygens (including phenoxy) is 2. The van der Waals surface area contributed by atoms with E-state index in [-0.39, 0.29) is 27.2 Å².